The van der Waals surface area contributed by atoms with Crippen molar-refractivity contribution < 1.29 is 9.90 Å². The number of imidazole rings is 1. The molecule has 132 valence electrons. The van der Waals surface area contributed by atoms with Crippen molar-refractivity contribution in [3.05, 3.63) is 41.1 Å². The van der Waals surface area contributed by atoms with Crippen molar-refractivity contribution in [2.45, 2.75) is 25.5 Å². The van der Waals surface area contributed by atoms with E-state index in [4.69, 9.17) is 4.98 Å². The topological polar surface area (TPSA) is 86.5 Å². The van der Waals surface area contributed by atoms with Crippen LogP contribution in [0.25, 0.3) is 27.9 Å². The van der Waals surface area contributed by atoms with E-state index in [-0.39, 0.29) is 11.9 Å². The zero-order valence-electron chi connectivity index (χ0n) is 14.1. The Morgan fingerprint density at radius 2 is 2.27 bits per heavy atom. The number of aromatic nitrogens is 4. The minimum Gasteiger partial charge on any atom is -0.391 e. The number of nitrogens with one attached hydrogen (secondary N) is 1. The molecular weight excluding hydrogens is 350 g/mol. The summed E-state index contributed by atoms with van der Waals surface area (Å²) in [4.78, 5) is 26.4. The van der Waals surface area contributed by atoms with Crippen molar-refractivity contribution in [1.82, 2.24) is 24.3 Å². The SMILES string of the molecule is CC(=O)N1C[C@H](O)C[C@@H]1c1nc(-c2ccsc2)c2cnc3[nH]ccc3n12. The van der Waals surface area contributed by atoms with Crippen LogP contribution in [0.1, 0.15) is 25.2 Å². The third kappa shape index (κ3) is 2.19. The van der Waals surface area contributed by atoms with E-state index in [2.05, 4.69) is 19.7 Å². The Labute approximate surface area is 152 Å². The lowest BCUT2D eigenvalue weighted by molar-refractivity contribution is -0.130. The highest BCUT2D eigenvalue weighted by Gasteiger charge is 2.37. The minimum atomic E-state index is -0.538. The summed E-state index contributed by atoms with van der Waals surface area (Å²) < 4.78 is 2.06. The van der Waals surface area contributed by atoms with Crippen molar-refractivity contribution >= 4 is 33.9 Å². The molecule has 0 bridgehead atoms. The number of H-pyrrole nitrogens is 1. The van der Waals surface area contributed by atoms with Crippen LogP contribution in [-0.2, 0) is 4.79 Å². The number of rotatable bonds is 2. The largest absolute Gasteiger partial charge is 0.391 e. The quantitative estimate of drug-likeness (QED) is 0.570. The van der Waals surface area contributed by atoms with Gasteiger partial charge in [0.15, 0.2) is 5.65 Å². The molecule has 1 saturated heterocycles. The summed E-state index contributed by atoms with van der Waals surface area (Å²) >= 11 is 1.62. The first-order chi connectivity index (χ1) is 12.6. The van der Waals surface area contributed by atoms with E-state index in [1.54, 1.807) is 16.2 Å². The van der Waals surface area contributed by atoms with E-state index < -0.39 is 6.10 Å². The molecule has 4 aromatic rings. The zero-order valence-corrected chi connectivity index (χ0v) is 14.9. The van der Waals surface area contributed by atoms with Crippen molar-refractivity contribution in [2.24, 2.45) is 0 Å². The van der Waals surface area contributed by atoms with Gasteiger partial charge in [-0.2, -0.15) is 11.3 Å². The molecule has 1 amide bonds. The number of hydrogen-bond acceptors (Lipinski definition) is 5. The van der Waals surface area contributed by atoms with Gasteiger partial charge >= 0.3 is 0 Å². The highest BCUT2D eigenvalue weighted by atomic mass is 32.1. The van der Waals surface area contributed by atoms with Gasteiger partial charge in [0.05, 0.1) is 35.1 Å². The van der Waals surface area contributed by atoms with Crippen LogP contribution in [0.3, 0.4) is 0 Å². The highest BCUT2D eigenvalue weighted by molar-refractivity contribution is 7.08. The average molecular weight is 367 g/mol. The number of likely N-dealkylation sites (tertiary alicyclic amines) is 1. The molecule has 0 saturated carbocycles. The Kier molecular flexibility index (Phi) is 3.38. The molecule has 0 radical (unpaired) electrons. The van der Waals surface area contributed by atoms with Crippen molar-refractivity contribution in [3.63, 3.8) is 0 Å². The number of aliphatic hydroxyl groups excluding tert-OH is 1. The van der Waals surface area contributed by atoms with Gasteiger partial charge in [0.25, 0.3) is 0 Å². The maximum Gasteiger partial charge on any atom is 0.220 e. The van der Waals surface area contributed by atoms with E-state index >= 15 is 0 Å². The fraction of sp³-hybridized carbons (Fsp3) is 0.278. The predicted molar refractivity (Wildman–Crippen MR) is 98.9 cm³/mol. The standard InChI is InChI=1S/C18H17N5O2S/c1-10(24)22-8-12(25)6-14(22)18-21-16(11-3-5-26-9-11)15-7-20-17-13(23(15)18)2-4-19-17/h2-5,7,9,12,14,19,25H,6,8H2,1H3/t12-,14-/m1/s1. The second-order valence-corrected chi connectivity index (χ2v) is 7.38. The van der Waals surface area contributed by atoms with Gasteiger partial charge in [-0.25, -0.2) is 9.97 Å². The zero-order chi connectivity index (χ0) is 17.8. The summed E-state index contributed by atoms with van der Waals surface area (Å²) in [6.07, 6.45) is 3.60. The fourth-order valence-electron chi connectivity index (χ4n) is 3.83. The Balaban J connectivity index is 1.81. The molecule has 0 spiro atoms. The van der Waals surface area contributed by atoms with Crippen LogP contribution in [0.5, 0.6) is 0 Å². The average Bonchev–Trinajstić information content (AvgIpc) is 3.38. The maximum atomic E-state index is 12.1. The third-order valence-electron chi connectivity index (χ3n) is 4.98. The van der Waals surface area contributed by atoms with E-state index in [1.165, 1.54) is 6.92 Å². The second kappa shape index (κ2) is 5.65. The fourth-order valence-corrected chi connectivity index (χ4v) is 4.47. The van der Waals surface area contributed by atoms with Crippen molar-refractivity contribution in [3.8, 4) is 11.3 Å². The first-order valence-electron chi connectivity index (χ1n) is 8.46. The molecule has 2 N–H and O–H groups in total. The first-order valence-corrected chi connectivity index (χ1v) is 9.40. The molecule has 5 rings (SSSR count). The molecule has 2 atom stereocenters. The number of carbonyl (C=O) groups excluding carboxylic acids is 1. The second-order valence-electron chi connectivity index (χ2n) is 6.60. The van der Waals surface area contributed by atoms with Gasteiger partial charge in [-0.3, -0.25) is 9.20 Å². The van der Waals surface area contributed by atoms with Crippen LogP contribution < -0.4 is 0 Å². The van der Waals surface area contributed by atoms with Gasteiger partial charge in [0, 0.05) is 37.0 Å². The molecule has 0 aromatic carbocycles. The van der Waals surface area contributed by atoms with E-state index in [9.17, 15) is 9.90 Å². The predicted octanol–water partition coefficient (Wildman–Crippen LogP) is 2.59. The Hall–Kier alpha value is -2.71. The van der Waals surface area contributed by atoms with Crippen LogP contribution in [0.2, 0.25) is 0 Å². The van der Waals surface area contributed by atoms with Gasteiger partial charge in [0.1, 0.15) is 5.82 Å². The smallest absolute Gasteiger partial charge is 0.220 e. The molecule has 1 fully saturated rings. The number of aliphatic hydroxyl groups is 1. The lowest BCUT2D eigenvalue weighted by Crippen LogP contribution is -2.30. The molecule has 0 aliphatic carbocycles. The first kappa shape index (κ1) is 15.5. The van der Waals surface area contributed by atoms with Crippen molar-refractivity contribution in [1.29, 1.82) is 0 Å². The van der Waals surface area contributed by atoms with Crippen LogP contribution >= 0.6 is 11.3 Å². The molecule has 0 unspecified atom stereocenters. The van der Waals surface area contributed by atoms with Crippen molar-refractivity contribution in [2.75, 3.05) is 6.54 Å². The Morgan fingerprint density at radius 3 is 3.04 bits per heavy atom. The van der Waals surface area contributed by atoms with E-state index in [0.29, 0.717) is 13.0 Å². The molecule has 1 aliphatic heterocycles. The van der Waals surface area contributed by atoms with Gasteiger partial charge < -0.3 is 15.0 Å². The summed E-state index contributed by atoms with van der Waals surface area (Å²) in [5, 5.41) is 14.2. The summed E-state index contributed by atoms with van der Waals surface area (Å²) in [5.41, 5.74) is 4.46. The van der Waals surface area contributed by atoms with Gasteiger partial charge in [0.2, 0.25) is 5.91 Å². The monoisotopic (exact) mass is 367 g/mol. The number of β-amino-alcohol motifs (C(OH)–C–C–N with tert-alkyl or cyclic N) is 1. The minimum absolute atomic E-state index is 0.0558. The van der Waals surface area contributed by atoms with E-state index in [1.807, 2.05) is 29.9 Å². The molecule has 7 nitrogen and oxygen atoms in total. The molecular formula is C18H17N5O2S. The van der Waals surface area contributed by atoms with Crippen LogP contribution in [0, 0.1) is 0 Å². The Morgan fingerprint density at radius 1 is 1.38 bits per heavy atom. The van der Waals surface area contributed by atoms with Gasteiger partial charge in [-0.15, -0.1) is 0 Å². The molecule has 4 aromatic heterocycles. The normalized spacial score (nSPS) is 20.5. The summed E-state index contributed by atoms with van der Waals surface area (Å²) in [6, 6.07) is 3.73. The summed E-state index contributed by atoms with van der Waals surface area (Å²) in [7, 11) is 0. The number of hydrogen-bond donors (Lipinski definition) is 2. The Bertz CT molecular complexity index is 1110. The van der Waals surface area contributed by atoms with Gasteiger partial charge in [-0.1, -0.05) is 0 Å². The van der Waals surface area contributed by atoms with Crippen LogP contribution in [0.4, 0.5) is 0 Å². The van der Waals surface area contributed by atoms with Crippen LogP contribution in [0.15, 0.2) is 35.3 Å². The number of fused-ring (bicyclic) bond motifs is 3. The number of aromatic amines is 1. The number of nitrogens with zero attached hydrogens (tertiary/aromatic N) is 4. The summed E-state index contributed by atoms with van der Waals surface area (Å²) in [5.74, 6) is 0.708. The lowest BCUT2D eigenvalue weighted by atomic mass is 10.2. The molecule has 5 heterocycles. The highest BCUT2D eigenvalue weighted by Crippen LogP contribution is 2.37. The third-order valence-corrected chi connectivity index (χ3v) is 5.66. The lowest BCUT2D eigenvalue weighted by Gasteiger charge is -2.22. The number of carbonyl (C=O) groups is 1. The van der Waals surface area contributed by atoms with Crippen LogP contribution in [-0.4, -0.2) is 47.9 Å². The molecule has 1 aliphatic rings. The number of thiophene rings is 1. The summed E-state index contributed by atoms with van der Waals surface area (Å²) in [6.45, 7) is 1.87. The number of amides is 1. The van der Waals surface area contributed by atoms with Gasteiger partial charge in [-0.05, 0) is 17.5 Å². The maximum absolute atomic E-state index is 12.1. The molecule has 26 heavy (non-hydrogen) atoms. The molecule has 8 heteroatoms. The van der Waals surface area contributed by atoms with E-state index in [0.717, 1.165) is 33.8 Å².